The van der Waals surface area contributed by atoms with E-state index in [-0.39, 0.29) is 11.3 Å². The van der Waals surface area contributed by atoms with Crippen LogP contribution in [-0.4, -0.2) is 32.6 Å². The summed E-state index contributed by atoms with van der Waals surface area (Å²) in [5.74, 6) is -2.22. The third-order valence-corrected chi connectivity index (χ3v) is 3.79. The van der Waals surface area contributed by atoms with E-state index >= 15 is 0 Å². The minimum absolute atomic E-state index is 0.0105. The van der Waals surface area contributed by atoms with Crippen molar-refractivity contribution < 1.29 is 18.7 Å². The standard InChI is InChI=1S/C21H20FN3O3/c1-14-4-9-19(18(22)10-14)24-20(26)13-28-21(27)16(12-23)11-15-5-7-17(8-6-15)25(2)3/h4-11H,13H2,1-3H3,(H,24,26)/b16-11+. The van der Waals surface area contributed by atoms with E-state index < -0.39 is 24.3 Å². The number of hydrogen-bond donors (Lipinski definition) is 1. The summed E-state index contributed by atoms with van der Waals surface area (Å²) >= 11 is 0. The number of carbonyl (C=O) groups is 2. The Morgan fingerprint density at radius 3 is 2.46 bits per heavy atom. The molecular weight excluding hydrogens is 361 g/mol. The lowest BCUT2D eigenvalue weighted by Gasteiger charge is -2.11. The van der Waals surface area contributed by atoms with E-state index in [4.69, 9.17) is 4.74 Å². The molecule has 2 aromatic rings. The molecule has 0 fully saturated rings. The molecule has 0 spiro atoms. The molecular formula is C21H20FN3O3. The van der Waals surface area contributed by atoms with Crippen LogP contribution in [0.15, 0.2) is 48.0 Å². The van der Waals surface area contributed by atoms with Crippen LogP contribution in [0.3, 0.4) is 0 Å². The molecule has 1 N–H and O–H groups in total. The molecule has 0 bridgehead atoms. The molecule has 0 radical (unpaired) electrons. The van der Waals surface area contributed by atoms with Gasteiger partial charge < -0.3 is 15.0 Å². The first-order valence-corrected chi connectivity index (χ1v) is 8.42. The van der Waals surface area contributed by atoms with Gasteiger partial charge in [-0.05, 0) is 48.4 Å². The SMILES string of the molecule is Cc1ccc(NC(=O)COC(=O)/C(C#N)=C/c2ccc(N(C)C)cc2)c(F)c1. The monoisotopic (exact) mass is 381 g/mol. The number of nitrogens with one attached hydrogen (secondary N) is 1. The van der Waals surface area contributed by atoms with E-state index in [9.17, 15) is 19.2 Å². The molecule has 0 aliphatic rings. The first kappa shape index (κ1) is 20.6. The van der Waals surface area contributed by atoms with Crippen LogP contribution in [0.2, 0.25) is 0 Å². The van der Waals surface area contributed by atoms with Crippen molar-refractivity contribution in [2.24, 2.45) is 0 Å². The molecule has 0 atom stereocenters. The van der Waals surface area contributed by atoms with Crippen molar-refractivity contribution in [3.63, 3.8) is 0 Å². The highest BCUT2D eigenvalue weighted by Crippen LogP contribution is 2.16. The zero-order valence-electron chi connectivity index (χ0n) is 15.8. The molecule has 6 nitrogen and oxygen atoms in total. The molecule has 0 aliphatic heterocycles. The second kappa shape index (κ2) is 9.33. The van der Waals surface area contributed by atoms with Gasteiger partial charge >= 0.3 is 5.97 Å². The summed E-state index contributed by atoms with van der Waals surface area (Å²) in [6.45, 7) is 1.09. The first-order chi connectivity index (χ1) is 13.3. The maximum Gasteiger partial charge on any atom is 0.349 e. The van der Waals surface area contributed by atoms with Crippen LogP contribution in [-0.2, 0) is 14.3 Å². The smallest absolute Gasteiger partial charge is 0.349 e. The number of aryl methyl sites for hydroxylation is 1. The van der Waals surface area contributed by atoms with E-state index in [1.54, 1.807) is 31.2 Å². The van der Waals surface area contributed by atoms with Crippen molar-refractivity contribution >= 4 is 29.3 Å². The fourth-order valence-electron chi connectivity index (χ4n) is 2.29. The Balaban J connectivity index is 1.97. The third kappa shape index (κ3) is 5.68. The number of carbonyl (C=O) groups excluding carboxylic acids is 2. The van der Waals surface area contributed by atoms with Gasteiger partial charge in [0.05, 0.1) is 5.69 Å². The molecule has 7 heteroatoms. The van der Waals surface area contributed by atoms with Gasteiger partial charge in [-0.2, -0.15) is 5.26 Å². The molecule has 0 aromatic heterocycles. The molecule has 2 rings (SSSR count). The summed E-state index contributed by atoms with van der Waals surface area (Å²) in [4.78, 5) is 25.8. The second-order valence-electron chi connectivity index (χ2n) is 6.26. The number of amides is 1. The fraction of sp³-hybridized carbons (Fsp3) is 0.190. The van der Waals surface area contributed by atoms with Gasteiger partial charge in [-0.15, -0.1) is 0 Å². The van der Waals surface area contributed by atoms with Crippen LogP contribution in [0.25, 0.3) is 6.08 Å². The van der Waals surface area contributed by atoms with Crippen LogP contribution in [0.1, 0.15) is 11.1 Å². The third-order valence-electron chi connectivity index (χ3n) is 3.79. The highest BCUT2D eigenvalue weighted by atomic mass is 19.1. The molecule has 1 amide bonds. The summed E-state index contributed by atoms with van der Waals surface area (Å²) in [7, 11) is 3.80. The largest absolute Gasteiger partial charge is 0.451 e. The maximum absolute atomic E-state index is 13.7. The summed E-state index contributed by atoms with van der Waals surface area (Å²) in [5, 5.41) is 11.5. The average molecular weight is 381 g/mol. The lowest BCUT2D eigenvalue weighted by atomic mass is 10.1. The Bertz CT molecular complexity index is 944. The van der Waals surface area contributed by atoms with Crippen LogP contribution in [0.4, 0.5) is 15.8 Å². The van der Waals surface area contributed by atoms with Crippen LogP contribution in [0.5, 0.6) is 0 Å². The van der Waals surface area contributed by atoms with E-state index in [2.05, 4.69) is 5.32 Å². The Hall–Kier alpha value is -3.66. The highest BCUT2D eigenvalue weighted by molar-refractivity contribution is 6.00. The number of halogens is 1. The van der Waals surface area contributed by atoms with Gasteiger partial charge in [0.2, 0.25) is 0 Å². The normalized spacial score (nSPS) is 10.8. The summed E-state index contributed by atoms with van der Waals surface area (Å²) < 4.78 is 18.6. The predicted molar refractivity (Wildman–Crippen MR) is 105 cm³/mol. The molecule has 0 aliphatic carbocycles. The number of nitriles is 1. The van der Waals surface area contributed by atoms with Gasteiger partial charge in [-0.1, -0.05) is 18.2 Å². The number of esters is 1. The Morgan fingerprint density at radius 1 is 1.21 bits per heavy atom. The topological polar surface area (TPSA) is 82.4 Å². The van der Waals surface area contributed by atoms with E-state index in [0.29, 0.717) is 11.1 Å². The van der Waals surface area contributed by atoms with Crippen molar-refractivity contribution in [1.29, 1.82) is 5.26 Å². The van der Waals surface area contributed by atoms with Gasteiger partial charge in [0.15, 0.2) is 6.61 Å². The quantitative estimate of drug-likeness (QED) is 0.472. The zero-order chi connectivity index (χ0) is 20.7. The van der Waals surface area contributed by atoms with Crippen LogP contribution < -0.4 is 10.2 Å². The first-order valence-electron chi connectivity index (χ1n) is 8.42. The molecule has 144 valence electrons. The molecule has 28 heavy (non-hydrogen) atoms. The summed E-state index contributed by atoms with van der Waals surface area (Å²) in [6.07, 6.45) is 1.37. The number of nitrogens with zero attached hydrogens (tertiary/aromatic N) is 2. The van der Waals surface area contributed by atoms with Crippen LogP contribution in [0, 0.1) is 24.1 Å². The van der Waals surface area contributed by atoms with E-state index in [1.807, 2.05) is 31.1 Å². The predicted octanol–water partition coefficient (Wildman–Crippen LogP) is 3.29. The van der Waals surface area contributed by atoms with E-state index in [0.717, 1.165) is 5.69 Å². The van der Waals surface area contributed by atoms with Crippen molar-refractivity contribution in [3.8, 4) is 6.07 Å². The average Bonchev–Trinajstić information content (AvgIpc) is 2.66. The van der Waals surface area contributed by atoms with Crippen molar-refractivity contribution in [3.05, 3.63) is 65.0 Å². The minimum Gasteiger partial charge on any atom is -0.451 e. The lowest BCUT2D eigenvalue weighted by Crippen LogP contribution is -2.22. The molecule has 0 saturated carbocycles. The highest BCUT2D eigenvalue weighted by Gasteiger charge is 2.14. The van der Waals surface area contributed by atoms with Gasteiger partial charge in [-0.25, -0.2) is 9.18 Å². The molecule has 0 unspecified atom stereocenters. The number of anilines is 2. The number of rotatable bonds is 6. The van der Waals surface area contributed by atoms with Gasteiger partial charge in [0, 0.05) is 19.8 Å². The van der Waals surface area contributed by atoms with Crippen molar-refractivity contribution in [2.45, 2.75) is 6.92 Å². The van der Waals surface area contributed by atoms with E-state index in [1.165, 1.54) is 18.2 Å². The zero-order valence-corrected chi connectivity index (χ0v) is 15.8. The summed E-state index contributed by atoms with van der Waals surface area (Å²) in [5.41, 5.74) is 2.07. The molecule has 0 saturated heterocycles. The van der Waals surface area contributed by atoms with Crippen molar-refractivity contribution in [2.75, 3.05) is 30.9 Å². The Morgan fingerprint density at radius 2 is 1.89 bits per heavy atom. The summed E-state index contributed by atoms with van der Waals surface area (Å²) in [6, 6.07) is 13.3. The Labute approximate surface area is 162 Å². The number of ether oxygens (including phenoxy) is 1. The number of benzene rings is 2. The molecule has 0 heterocycles. The van der Waals surface area contributed by atoms with Crippen LogP contribution >= 0.6 is 0 Å². The fourth-order valence-corrected chi connectivity index (χ4v) is 2.29. The van der Waals surface area contributed by atoms with Gasteiger partial charge in [0.1, 0.15) is 17.5 Å². The lowest BCUT2D eigenvalue weighted by molar-refractivity contribution is -0.142. The van der Waals surface area contributed by atoms with Gasteiger partial charge in [-0.3, -0.25) is 4.79 Å². The maximum atomic E-state index is 13.7. The van der Waals surface area contributed by atoms with Gasteiger partial charge in [0.25, 0.3) is 5.91 Å². The minimum atomic E-state index is -0.932. The number of hydrogen-bond acceptors (Lipinski definition) is 5. The second-order valence-corrected chi connectivity index (χ2v) is 6.26. The molecule has 2 aromatic carbocycles. The Kier molecular flexibility index (Phi) is 6.88. The van der Waals surface area contributed by atoms with Crippen molar-refractivity contribution in [1.82, 2.24) is 0 Å².